The van der Waals surface area contributed by atoms with Crippen molar-refractivity contribution in [2.45, 2.75) is 37.9 Å². The maximum absolute atomic E-state index is 12.6. The van der Waals surface area contributed by atoms with E-state index in [2.05, 4.69) is 10.6 Å². The van der Waals surface area contributed by atoms with Gasteiger partial charge in [-0.2, -0.15) is 4.31 Å². The number of rotatable bonds is 9. The Balaban J connectivity index is 1.59. The lowest BCUT2D eigenvalue weighted by Gasteiger charge is -2.21. The van der Waals surface area contributed by atoms with E-state index in [0.717, 1.165) is 5.56 Å². The number of nitrogens with zero attached hydrogens (tertiary/aromatic N) is 1. The fourth-order valence-electron chi connectivity index (χ4n) is 3.01. The molecule has 0 bridgehead atoms. The normalized spacial score (nSPS) is 11.5. The highest BCUT2D eigenvalue weighted by atomic mass is 32.2. The quantitative estimate of drug-likeness (QED) is 0.500. The van der Waals surface area contributed by atoms with Crippen LogP contribution in [0.1, 0.15) is 45.9 Å². The highest BCUT2D eigenvalue weighted by Gasteiger charge is 2.23. The van der Waals surface area contributed by atoms with Gasteiger partial charge in [-0.3, -0.25) is 9.59 Å². The number of hydrogen-bond acceptors (Lipinski definition) is 5. The van der Waals surface area contributed by atoms with Gasteiger partial charge in [0, 0.05) is 30.8 Å². The number of nitrogens with one attached hydrogen (secondary N) is 2. The van der Waals surface area contributed by atoms with Gasteiger partial charge in [-0.25, -0.2) is 8.42 Å². The maximum atomic E-state index is 12.6. The van der Waals surface area contributed by atoms with Crippen molar-refractivity contribution in [3.05, 3.63) is 89.4 Å². The first kappa shape index (κ1) is 24.2. The second-order valence-corrected chi connectivity index (χ2v) is 9.78. The largest absolute Gasteiger partial charge is 0.467 e. The van der Waals surface area contributed by atoms with Crippen molar-refractivity contribution in [2.75, 3.05) is 7.05 Å². The second-order valence-electron chi connectivity index (χ2n) is 7.78. The number of furan rings is 1. The van der Waals surface area contributed by atoms with Gasteiger partial charge in [0.2, 0.25) is 10.0 Å². The molecule has 33 heavy (non-hydrogen) atoms. The Morgan fingerprint density at radius 1 is 0.909 bits per heavy atom. The Morgan fingerprint density at radius 3 is 2.21 bits per heavy atom. The zero-order valence-electron chi connectivity index (χ0n) is 18.7. The van der Waals surface area contributed by atoms with Gasteiger partial charge in [0.05, 0.1) is 17.7 Å². The third kappa shape index (κ3) is 6.09. The number of sulfonamides is 1. The topological polar surface area (TPSA) is 109 Å². The van der Waals surface area contributed by atoms with Gasteiger partial charge in [0.25, 0.3) is 11.8 Å². The van der Waals surface area contributed by atoms with E-state index < -0.39 is 10.0 Å². The Labute approximate surface area is 193 Å². The highest BCUT2D eigenvalue weighted by molar-refractivity contribution is 7.89. The van der Waals surface area contributed by atoms with E-state index >= 15 is 0 Å². The first-order chi connectivity index (χ1) is 15.7. The molecule has 0 aliphatic rings. The molecule has 0 atom stereocenters. The number of hydrogen-bond donors (Lipinski definition) is 2. The Kier molecular flexibility index (Phi) is 7.67. The molecular formula is C24H27N3O5S. The minimum atomic E-state index is -3.61. The molecule has 0 aliphatic heterocycles. The van der Waals surface area contributed by atoms with E-state index in [4.69, 9.17) is 4.42 Å². The summed E-state index contributed by atoms with van der Waals surface area (Å²) < 4.78 is 31.6. The Morgan fingerprint density at radius 2 is 1.58 bits per heavy atom. The van der Waals surface area contributed by atoms with Gasteiger partial charge >= 0.3 is 0 Å². The summed E-state index contributed by atoms with van der Waals surface area (Å²) in [6.45, 7) is 4.08. The zero-order valence-corrected chi connectivity index (χ0v) is 19.6. The third-order valence-electron chi connectivity index (χ3n) is 5.17. The molecule has 2 aromatic carbocycles. The summed E-state index contributed by atoms with van der Waals surface area (Å²) in [4.78, 5) is 25.0. The monoisotopic (exact) mass is 469 g/mol. The van der Waals surface area contributed by atoms with Gasteiger partial charge in [0.15, 0.2) is 0 Å². The van der Waals surface area contributed by atoms with Crippen molar-refractivity contribution in [1.29, 1.82) is 0 Å². The van der Waals surface area contributed by atoms with Crippen molar-refractivity contribution < 1.29 is 22.4 Å². The molecule has 0 radical (unpaired) electrons. The lowest BCUT2D eigenvalue weighted by molar-refractivity contribution is 0.0943. The molecule has 0 saturated carbocycles. The van der Waals surface area contributed by atoms with Crippen LogP contribution in [-0.4, -0.2) is 37.6 Å². The lowest BCUT2D eigenvalue weighted by atomic mass is 10.1. The van der Waals surface area contributed by atoms with E-state index in [1.54, 1.807) is 56.5 Å². The first-order valence-electron chi connectivity index (χ1n) is 10.4. The fourth-order valence-corrected chi connectivity index (χ4v) is 4.38. The molecule has 1 aromatic heterocycles. The van der Waals surface area contributed by atoms with Gasteiger partial charge in [-0.1, -0.05) is 12.1 Å². The number of carbonyl (C=O) groups excluding carboxylic acids is 2. The van der Waals surface area contributed by atoms with Crippen LogP contribution in [0.2, 0.25) is 0 Å². The molecule has 0 unspecified atom stereocenters. The van der Waals surface area contributed by atoms with Crippen LogP contribution in [0.4, 0.5) is 0 Å². The van der Waals surface area contributed by atoms with E-state index in [1.807, 2.05) is 0 Å². The molecular weight excluding hydrogens is 442 g/mol. The fraction of sp³-hybridized carbons (Fsp3) is 0.250. The molecule has 174 valence electrons. The SMILES string of the molecule is CC(C)N(C)S(=O)(=O)c1ccc(C(=O)NCc2cccc(C(=O)NCc3ccco3)c2)cc1. The summed E-state index contributed by atoms with van der Waals surface area (Å²) in [7, 11) is -2.09. The van der Waals surface area contributed by atoms with Gasteiger partial charge in [0.1, 0.15) is 5.76 Å². The van der Waals surface area contributed by atoms with Crippen LogP contribution in [-0.2, 0) is 23.1 Å². The van der Waals surface area contributed by atoms with E-state index in [-0.39, 0.29) is 35.8 Å². The lowest BCUT2D eigenvalue weighted by Crippen LogP contribution is -2.33. The molecule has 2 N–H and O–H groups in total. The molecule has 0 aliphatic carbocycles. The second kappa shape index (κ2) is 10.5. The van der Waals surface area contributed by atoms with Gasteiger partial charge < -0.3 is 15.1 Å². The molecule has 8 nitrogen and oxygen atoms in total. The van der Waals surface area contributed by atoms with Crippen LogP contribution in [0.3, 0.4) is 0 Å². The average molecular weight is 470 g/mol. The predicted octanol–water partition coefficient (Wildman–Crippen LogP) is 3.17. The van der Waals surface area contributed by atoms with Crippen molar-refractivity contribution in [3.8, 4) is 0 Å². The highest BCUT2D eigenvalue weighted by Crippen LogP contribution is 2.17. The molecule has 9 heteroatoms. The Bertz CT molecular complexity index is 1200. The van der Waals surface area contributed by atoms with E-state index in [9.17, 15) is 18.0 Å². The molecule has 0 spiro atoms. The number of benzene rings is 2. The first-order valence-corrected chi connectivity index (χ1v) is 11.9. The average Bonchev–Trinajstić information content (AvgIpc) is 3.34. The van der Waals surface area contributed by atoms with E-state index in [0.29, 0.717) is 16.9 Å². The van der Waals surface area contributed by atoms with Crippen molar-refractivity contribution in [2.24, 2.45) is 0 Å². The van der Waals surface area contributed by atoms with E-state index in [1.165, 1.54) is 35.6 Å². The predicted molar refractivity (Wildman–Crippen MR) is 124 cm³/mol. The summed E-state index contributed by atoms with van der Waals surface area (Å²) in [6, 6.07) is 16.1. The molecule has 0 saturated heterocycles. The number of carbonyl (C=O) groups is 2. The molecule has 3 rings (SSSR count). The summed E-state index contributed by atoms with van der Waals surface area (Å²) in [6.07, 6.45) is 1.54. The van der Waals surface area contributed by atoms with Crippen LogP contribution < -0.4 is 10.6 Å². The number of amides is 2. The smallest absolute Gasteiger partial charge is 0.251 e. The summed E-state index contributed by atoms with van der Waals surface area (Å²) in [5.74, 6) is 0.0630. The minimum absolute atomic E-state index is 0.128. The maximum Gasteiger partial charge on any atom is 0.251 e. The van der Waals surface area contributed by atoms with Crippen LogP contribution >= 0.6 is 0 Å². The molecule has 3 aromatic rings. The van der Waals surface area contributed by atoms with Crippen LogP contribution in [0.15, 0.2) is 76.2 Å². The summed E-state index contributed by atoms with van der Waals surface area (Å²) >= 11 is 0. The molecule has 0 fully saturated rings. The zero-order chi connectivity index (χ0) is 24.0. The Hall–Kier alpha value is -3.43. The van der Waals surface area contributed by atoms with Crippen molar-refractivity contribution >= 4 is 21.8 Å². The van der Waals surface area contributed by atoms with Crippen LogP contribution in [0.5, 0.6) is 0 Å². The van der Waals surface area contributed by atoms with Gasteiger partial charge in [-0.05, 0) is 67.9 Å². The summed E-state index contributed by atoms with van der Waals surface area (Å²) in [5.41, 5.74) is 1.57. The minimum Gasteiger partial charge on any atom is -0.467 e. The van der Waals surface area contributed by atoms with Crippen LogP contribution in [0.25, 0.3) is 0 Å². The summed E-state index contributed by atoms with van der Waals surface area (Å²) in [5, 5.41) is 5.57. The molecule has 2 amide bonds. The third-order valence-corrected chi connectivity index (χ3v) is 7.21. The van der Waals surface area contributed by atoms with Crippen LogP contribution in [0, 0.1) is 0 Å². The molecule has 1 heterocycles. The van der Waals surface area contributed by atoms with Crippen molar-refractivity contribution in [1.82, 2.24) is 14.9 Å². The van der Waals surface area contributed by atoms with Gasteiger partial charge in [-0.15, -0.1) is 0 Å². The van der Waals surface area contributed by atoms with Crippen molar-refractivity contribution in [3.63, 3.8) is 0 Å². The standard InChI is InChI=1S/C24H27N3O5S/c1-17(2)27(3)33(30,31)22-11-9-19(10-12-22)23(28)25-15-18-6-4-7-20(14-18)24(29)26-16-21-8-5-13-32-21/h4-14,17H,15-16H2,1-3H3,(H,25,28)(H,26,29).